The molecule has 0 spiro atoms. The predicted molar refractivity (Wildman–Crippen MR) is 107 cm³/mol. The molecule has 25 heavy (non-hydrogen) atoms. The lowest BCUT2D eigenvalue weighted by molar-refractivity contribution is -0.136. The van der Waals surface area contributed by atoms with Gasteiger partial charge in [0.2, 0.25) is 0 Å². The van der Waals surface area contributed by atoms with Crippen molar-refractivity contribution >= 4 is 5.97 Å². The van der Waals surface area contributed by atoms with Gasteiger partial charge in [-0.15, -0.1) is 0 Å². The van der Waals surface area contributed by atoms with Crippen molar-refractivity contribution in [1.29, 1.82) is 0 Å². The first-order valence-electron chi connectivity index (χ1n) is 10.2. The van der Waals surface area contributed by atoms with E-state index in [1.807, 2.05) is 0 Å². The van der Waals surface area contributed by atoms with Crippen LogP contribution in [0.5, 0.6) is 0 Å². The van der Waals surface area contributed by atoms with E-state index in [1.165, 1.54) is 44.1 Å². The van der Waals surface area contributed by atoms with E-state index in [2.05, 4.69) is 52.0 Å². The van der Waals surface area contributed by atoms with Crippen molar-refractivity contribution in [3.05, 3.63) is 35.4 Å². The maximum atomic E-state index is 10.6. The van der Waals surface area contributed by atoms with E-state index in [4.69, 9.17) is 5.11 Å². The third-order valence-electron chi connectivity index (χ3n) is 5.11. The highest BCUT2D eigenvalue weighted by molar-refractivity contribution is 5.67. The van der Waals surface area contributed by atoms with Crippen molar-refractivity contribution in [3.8, 4) is 0 Å². The summed E-state index contributed by atoms with van der Waals surface area (Å²) in [5, 5.41) is 8.74. The van der Waals surface area contributed by atoms with Crippen LogP contribution in [0.15, 0.2) is 24.3 Å². The molecule has 0 bridgehead atoms. The molecule has 0 aliphatic heterocycles. The highest BCUT2D eigenvalue weighted by Crippen LogP contribution is 2.21. The van der Waals surface area contributed by atoms with Gasteiger partial charge in [-0.2, -0.15) is 0 Å². The maximum absolute atomic E-state index is 10.6. The zero-order valence-electron chi connectivity index (χ0n) is 16.8. The molecule has 0 saturated carbocycles. The van der Waals surface area contributed by atoms with Crippen LogP contribution in [0, 0.1) is 17.8 Å². The van der Waals surface area contributed by atoms with E-state index in [1.54, 1.807) is 0 Å². The molecule has 0 saturated heterocycles. The Kier molecular flexibility index (Phi) is 10.5. The number of rotatable bonds is 13. The number of carboxylic acid groups (broad SMARTS) is 1. The van der Waals surface area contributed by atoms with Crippen LogP contribution in [0.2, 0.25) is 0 Å². The molecule has 2 nitrogen and oxygen atoms in total. The topological polar surface area (TPSA) is 37.3 Å². The van der Waals surface area contributed by atoms with Gasteiger partial charge in [0.15, 0.2) is 0 Å². The van der Waals surface area contributed by atoms with Gasteiger partial charge in [-0.1, -0.05) is 90.5 Å². The Balaban J connectivity index is 2.21. The van der Waals surface area contributed by atoms with Crippen molar-refractivity contribution < 1.29 is 9.90 Å². The molecule has 0 amide bonds. The molecule has 0 heterocycles. The Morgan fingerprint density at radius 1 is 0.840 bits per heavy atom. The van der Waals surface area contributed by atoms with Gasteiger partial charge in [-0.05, 0) is 41.7 Å². The quantitative estimate of drug-likeness (QED) is 0.442. The van der Waals surface area contributed by atoms with Gasteiger partial charge in [-0.25, -0.2) is 0 Å². The minimum absolute atomic E-state index is 0.213. The van der Waals surface area contributed by atoms with E-state index in [9.17, 15) is 4.79 Å². The van der Waals surface area contributed by atoms with Crippen LogP contribution in [-0.4, -0.2) is 11.1 Å². The summed E-state index contributed by atoms with van der Waals surface area (Å²) in [5.74, 6) is 1.69. The number of hydrogen-bond acceptors (Lipinski definition) is 1. The summed E-state index contributed by atoms with van der Waals surface area (Å²) < 4.78 is 0. The summed E-state index contributed by atoms with van der Waals surface area (Å²) in [4.78, 5) is 10.6. The molecule has 1 N–H and O–H groups in total. The molecule has 0 radical (unpaired) electrons. The summed E-state index contributed by atoms with van der Waals surface area (Å²) in [6.07, 6.45) is 10.1. The van der Waals surface area contributed by atoms with Gasteiger partial charge in [0, 0.05) is 6.42 Å². The number of aryl methyl sites for hydroxylation is 1. The lowest BCUT2D eigenvalue weighted by Crippen LogP contribution is -2.03. The highest BCUT2D eigenvalue weighted by Gasteiger charge is 2.08. The van der Waals surface area contributed by atoms with E-state index in [0.29, 0.717) is 12.3 Å². The molecule has 2 atom stereocenters. The van der Waals surface area contributed by atoms with Crippen molar-refractivity contribution in [2.45, 2.75) is 85.5 Å². The number of carboxylic acids is 1. The summed E-state index contributed by atoms with van der Waals surface area (Å²) >= 11 is 0. The van der Waals surface area contributed by atoms with Crippen LogP contribution in [-0.2, 0) is 17.6 Å². The second kappa shape index (κ2) is 12.1. The molecule has 2 heteroatoms. The molecule has 2 unspecified atom stereocenters. The van der Waals surface area contributed by atoms with Crippen molar-refractivity contribution in [3.63, 3.8) is 0 Å². The Hall–Kier alpha value is -1.31. The average Bonchev–Trinajstić information content (AvgIpc) is 2.53. The maximum Gasteiger partial charge on any atom is 0.303 e. The van der Waals surface area contributed by atoms with E-state index >= 15 is 0 Å². The van der Waals surface area contributed by atoms with E-state index in [0.717, 1.165) is 23.8 Å². The monoisotopic (exact) mass is 346 g/mol. The van der Waals surface area contributed by atoms with Gasteiger partial charge in [0.05, 0.1) is 0 Å². The third-order valence-corrected chi connectivity index (χ3v) is 5.11. The molecular weight excluding hydrogens is 308 g/mol. The van der Waals surface area contributed by atoms with Crippen molar-refractivity contribution in [2.75, 3.05) is 0 Å². The second-order valence-electron chi connectivity index (χ2n) is 8.38. The Bertz CT molecular complexity index is 475. The van der Waals surface area contributed by atoms with Gasteiger partial charge in [-0.3, -0.25) is 4.79 Å². The minimum atomic E-state index is -0.726. The Morgan fingerprint density at radius 2 is 1.36 bits per heavy atom. The smallest absolute Gasteiger partial charge is 0.303 e. The first-order valence-corrected chi connectivity index (χ1v) is 10.2. The van der Waals surface area contributed by atoms with Crippen LogP contribution in [0.25, 0.3) is 0 Å². The van der Waals surface area contributed by atoms with Gasteiger partial charge < -0.3 is 5.11 Å². The summed E-state index contributed by atoms with van der Waals surface area (Å²) in [7, 11) is 0. The van der Waals surface area contributed by atoms with Gasteiger partial charge in [0.1, 0.15) is 0 Å². The minimum Gasteiger partial charge on any atom is -0.481 e. The Labute approximate surface area is 155 Å². The van der Waals surface area contributed by atoms with Crippen molar-refractivity contribution in [1.82, 2.24) is 0 Å². The first kappa shape index (κ1) is 21.7. The fourth-order valence-corrected chi connectivity index (χ4v) is 3.43. The average molecular weight is 347 g/mol. The molecule has 1 rings (SSSR count). The molecular formula is C23H38O2. The molecule has 1 aromatic carbocycles. The highest BCUT2D eigenvalue weighted by atomic mass is 16.4. The van der Waals surface area contributed by atoms with E-state index in [-0.39, 0.29) is 6.42 Å². The van der Waals surface area contributed by atoms with Crippen LogP contribution in [0.1, 0.15) is 83.8 Å². The fraction of sp³-hybridized carbons (Fsp3) is 0.696. The normalized spacial score (nSPS) is 13.8. The standard InChI is InChI=1S/C23H38O2/c1-18(2)7-5-8-19(3)9-6-10-20(4)17-22-13-11-21(12-14-22)15-16-23(24)25/h11-14,18-20H,5-10,15-17H2,1-4H3,(H,24,25). The number of aliphatic carboxylic acids is 1. The Morgan fingerprint density at radius 3 is 1.92 bits per heavy atom. The first-order chi connectivity index (χ1) is 11.9. The molecule has 0 aliphatic rings. The lowest BCUT2D eigenvalue weighted by Gasteiger charge is -2.15. The number of carbonyl (C=O) groups is 1. The van der Waals surface area contributed by atoms with E-state index < -0.39 is 5.97 Å². The largest absolute Gasteiger partial charge is 0.481 e. The SMILES string of the molecule is CC(C)CCCC(C)CCCC(C)Cc1ccc(CCC(=O)O)cc1. The zero-order chi connectivity index (χ0) is 18.7. The predicted octanol–water partition coefficient (Wildman–Crippen LogP) is 6.52. The van der Waals surface area contributed by atoms with Gasteiger partial charge in [0.25, 0.3) is 0 Å². The summed E-state index contributed by atoms with van der Waals surface area (Å²) in [6.45, 7) is 9.37. The number of hydrogen-bond donors (Lipinski definition) is 1. The van der Waals surface area contributed by atoms with Crippen LogP contribution in [0.3, 0.4) is 0 Å². The molecule has 142 valence electrons. The summed E-state index contributed by atoms with van der Waals surface area (Å²) in [6, 6.07) is 8.51. The van der Waals surface area contributed by atoms with Crippen LogP contribution >= 0.6 is 0 Å². The molecule has 1 aromatic rings. The molecule has 0 aromatic heterocycles. The fourth-order valence-electron chi connectivity index (χ4n) is 3.43. The summed E-state index contributed by atoms with van der Waals surface area (Å²) in [5.41, 5.74) is 2.49. The molecule has 0 aliphatic carbocycles. The second-order valence-corrected chi connectivity index (χ2v) is 8.38. The molecule has 0 fully saturated rings. The zero-order valence-corrected chi connectivity index (χ0v) is 16.8. The third kappa shape index (κ3) is 11.0. The van der Waals surface area contributed by atoms with Gasteiger partial charge >= 0.3 is 5.97 Å². The van der Waals surface area contributed by atoms with Crippen LogP contribution in [0.4, 0.5) is 0 Å². The number of benzene rings is 1. The van der Waals surface area contributed by atoms with Crippen LogP contribution < -0.4 is 0 Å². The lowest BCUT2D eigenvalue weighted by atomic mass is 9.91. The van der Waals surface area contributed by atoms with Crippen molar-refractivity contribution in [2.24, 2.45) is 17.8 Å².